The minimum Gasteiger partial charge on any atom is -0.748 e. The van der Waals surface area contributed by atoms with Crippen molar-refractivity contribution in [2.45, 2.75) is 6.42 Å². The third-order valence-corrected chi connectivity index (χ3v) is 3.16. The van der Waals surface area contributed by atoms with Crippen LogP contribution >= 0.6 is 0 Å². The molecule has 0 aliphatic carbocycles. The van der Waals surface area contributed by atoms with Crippen molar-refractivity contribution in [3.8, 4) is 0 Å². The molecule has 0 spiro atoms. The zero-order valence-corrected chi connectivity index (χ0v) is 13.6. The Morgan fingerprint density at radius 1 is 1.05 bits per heavy atom. The van der Waals surface area contributed by atoms with Gasteiger partial charge in [-0.2, -0.15) is 11.6 Å². The van der Waals surface area contributed by atoms with Crippen LogP contribution in [0, 0.1) is 0 Å². The van der Waals surface area contributed by atoms with Gasteiger partial charge in [0.25, 0.3) is 0 Å². The van der Waals surface area contributed by atoms with Crippen molar-refractivity contribution in [3.05, 3.63) is 59.7 Å². The van der Waals surface area contributed by atoms with Crippen molar-refractivity contribution in [2.75, 3.05) is 32.8 Å². The molecular weight excluding hydrogens is 322 g/mol. The van der Waals surface area contributed by atoms with Crippen LogP contribution in [0.4, 0.5) is 0 Å². The summed E-state index contributed by atoms with van der Waals surface area (Å²) in [6.07, 6.45) is 1.62. The van der Waals surface area contributed by atoms with Crippen LogP contribution in [0.1, 0.15) is 15.9 Å². The molecule has 0 amide bonds. The van der Waals surface area contributed by atoms with E-state index < -0.39 is 0 Å². The number of carbonyl (C=O) groups is 1. The number of aliphatic hydroxyl groups is 2. The van der Waals surface area contributed by atoms with Crippen LogP contribution in [0.25, 0.3) is 0 Å². The Morgan fingerprint density at radius 3 is 2.05 bits per heavy atom. The molecule has 0 bridgehead atoms. The van der Waals surface area contributed by atoms with Gasteiger partial charge in [0.2, 0.25) is 0 Å². The van der Waals surface area contributed by atoms with Crippen LogP contribution < -0.4 is 0 Å². The van der Waals surface area contributed by atoms with Gasteiger partial charge in [-0.25, -0.2) is 12.1 Å². The maximum atomic E-state index is 10.7. The first-order chi connectivity index (χ1) is 10.3. The largest absolute Gasteiger partial charge is 0.748 e. The van der Waals surface area contributed by atoms with Crippen LogP contribution in [0.5, 0.6) is 0 Å². The Morgan fingerprint density at radius 2 is 1.59 bits per heavy atom. The summed E-state index contributed by atoms with van der Waals surface area (Å²) in [5.74, 6) is 0. The molecule has 2 aromatic carbocycles. The van der Waals surface area contributed by atoms with E-state index in [1.54, 1.807) is 6.07 Å². The van der Waals surface area contributed by atoms with Crippen LogP contribution in [0.15, 0.2) is 48.5 Å². The second-order valence-electron chi connectivity index (χ2n) is 4.63. The standard InChI is InChI=1S/C12H18NO3.C5H5.Fe/c14-8-6-13(7-9-15)5-4-11-2-1-3-12(11)10-16;1-2-4-5-3-1;/h1-3,10,14-15H,4-9H2;1-5H;/q-1;-5;. The molecule has 0 saturated carbocycles. The van der Waals surface area contributed by atoms with Gasteiger partial charge in [-0.3, -0.25) is 4.90 Å². The van der Waals surface area contributed by atoms with E-state index in [1.807, 2.05) is 47.4 Å². The predicted molar refractivity (Wildman–Crippen MR) is 83.8 cm³/mol. The Hall–Kier alpha value is -1.23. The van der Waals surface area contributed by atoms with Crippen molar-refractivity contribution in [1.29, 1.82) is 0 Å². The average molecular weight is 345 g/mol. The summed E-state index contributed by atoms with van der Waals surface area (Å²) < 4.78 is 0. The summed E-state index contributed by atoms with van der Waals surface area (Å²) in [6, 6.07) is 15.6. The van der Waals surface area contributed by atoms with Crippen molar-refractivity contribution in [1.82, 2.24) is 4.90 Å². The van der Waals surface area contributed by atoms with Crippen molar-refractivity contribution in [3.63, 3.8) is 0 Å². The fourth-order valence-corrected chi connectivity index (χ4v) is 2.03. The quantitative estimate of drug-likeness (QED) is 0.432. The first-order valence-corrected chi connectivity index (χ1v) is 7.12. The van der Waals surface area contributed by atoms with E-state index in [0.29, 0.717) is 13.1 Å². The van der Waals surface area contributed by atoms with Crippen LogP contribution in [0.3, 0.4) is 0 Å². The number of rotatable bonds is 8. The average Bonchev–Trinajstić information content (AvgIpc) is 3.19. The maximum Gasteiger partial charge on any atom is 0.0952 e. The molecule has 4 nitrogen and oxygen atoms in total. The molecule has 2 rings (SSSR count). The minimum atomic E-state index is 0. The predicted octanol–water partition coefficient (Wildman–Crippen LogP) is 1.45. The molecule has 0 unspecified atom stereocenters. The van der Waals surface area contributed by atoms with Gasteiger partial charge in [-0.05, 0) is 6.42 Å². The molecule has 2 aromatic rings. The second-order valence-corrected chi connectivity index (χ2v) is 4.63. The molecule has 0 heterocycles. The maximum absolute atomic E-state index is 10.7. The fourth-order valence-electron chi connectivity index (χ4n) is 2.03. The van der Waals surface area contributed by atoms with E-state index in [-0.39, 0.29) is 30.3 Å². The summed E-state index contributed by atoms with van der Waals surface area (Å²) >= 11 is 0. The van der Waals surface area contributed by atoms with E-state index in [9.17, 15) is 4.79 Å². The second kappa shape index (κ2) is 13.4. The van der Waals surface area contributed by atoms with Crippen LogP contribution in [-0.2, 0) is 23.5 Å². The number of hydrogen-bond donors (Lipinski definition) is 2. The van der Waals surface area contributed by atoms with Gasteiger partial charge in [0.1, 0.15) is 0 Å². The molecule has 5 heteroatoms. The monoisotopic (exact) mass is 345 g/mol. The van der Waals surface area contributed by atoms with Gasteiger partial charge in [0.05, 0.1) is 19.5 Å². The Bertz CT molecular complexity index is 445. The van der Waals surface area contributed by atoms with Crippen LogP contribution in [-0.4, -0.2) is 54.2 Å². The Kier molecular flexibility index (Phi) is 12.7. The van der Waals surface area contributed by atoms with Crippen molar-refractivity contribution in [2.24, 2.45) is 0 Å². The molecule has 0 saturated heterocycles. The summed E-state index contributed by atoms with van der Waals surface area (Å²) in [5.41, 5.74) is 1.75. The van der Waals surface area contributed by atoms with Gasteiger partial charge >= 0.3 is 0 Å². The smallest absolute Gasteiger partial charge is 0.0952 e. The van der Waals surface area contributed by atoms with Gasteiger partial charge in [-0.1, -0.05) is 5.56 Å². The molecule has 0 aliphatic heterocycles. The Labute approximate surface area is 142 Å². The third kappa shape index (κ3) is 8.27. The summed E-state index contributed by atoms with van der Waals surface area (Å²) in [4.78, 5) is 12.7. The normalized spacial score (nSPS) is 9.77. The molecular formula is C17H23FeNO3-6. The minimum absolute atomic E-state index is 0. The first kappa shape index (κ1) is 20.8. The molecule has 0 fully saturated rings. The number of carbonyl (C=O) groups excluding carboxylic acids is 1. The first-order valence-electron chi connectivity index (χ1n) is 7.12. The zero-order chi connectivity index (χ0) is 15.3. The van der Waals surface area contributed by atoms with Crippen molar-refractivity contribution < 1.29 is 32.1 Å². The topological polar surface area (TPSA) is 60.8 Å². The molecule has 0 radical (unpaired) electrons. The van der Waals surface area contributed by atoms with E-state index in [2.05, 4.69) is 0 Å². The van der Waals surface area contributed by atoms with E-state index in [4.69, 9.17) is 10.2 Å². The Balaban J connectivity index is 0.000000622. The SMILES string of the molecule is O=C[c-]1cccc1CCN(CCO)CCO.[Fe].[cH-]1[cH-][cH-][cH-][cH-]1. The summed E-state index contributed by atoms with van der Waals surface area (Å²) in [7, 11) is 0. The van der Waals surface area contributed by atoms with Gasteiger partial charge in [-0.15, -0.1) is 0 Å². The van der Waals surface area contributed by atoms with Gasteiger partial charge < -0.3 is 45.3 Å². The molecule has 2 N–H and O–H groups in total. The summed E-state index contributed by atoms with van der Waals surface area (Å²) in [6.45, 7) is 2.02. The van der Waals surface area contributed by atoms with E-state index >= 15 is 0 Å². The third-order valence-electron chi connectivity index (χ3n) is 3.16. The zero-order valence-electron chi connectivity index (χ0n) is 12.5. The number of hydrogen-bond acceptors (Lipinski definition) is 4. The molecule has 22 heavy (non-hydrogen) atoms. The molecule has 0 atom stereocenters. The molecule has 128 valence electrons. The van der Waals surface area contributed by atoms with Gasteiger partial charge in [0, 0.05) is 36.7 Å². The number of aldehydes is 1. The number of aliphatic hydroxyl groups excluding tert-OH is 2. The molecule has 0 aliphatic rings. The fraction of sp³-hybridized carbons (Fsp3) is 0.353. The van der Waals surface area contributed by atoms with Gasteiger partial charge in [0.15, 0.2) is 0 Å². The van der Waals surface area contributed by atoms with Crippen LogP contribution in [0.2, 0.25) is 0 Å². The number of nitrogens with zero attached hydrogens (tertiary/aromatic N) is 1. The molecule has 0 aromatic heterocycles. The summed E-state index contributed by atoms with van der Waals surface area (Å²) in [5, 5.41) is 17.7. The van der Waals surface area contributed by atoms with Crippen molar-refractivity contribution >= 4 is 6.29 Å². The van der Waals surface area contributed by atoms with E-state index in [1.165, 1.54) is 0 Å². The van der Waals surface area contributed by atoms with E-state index in [0.717, 1.165) is 30.4 Å².